The zero-order valence-electron chi connectivity index (χ0n) is 13.0. The Labute approximate surface area is 129 Å². The fourth-order valence-corrected chi connectivity index (χ4v) is 3.53. The van der Waals surface area contributed by atoms with Crippen molar-refractivity contribution < 1.29 is 14.3 Å². The summed E-state index contributed by atoms with van der Waals surface area (Å²) in [6.07, 6.45) is 2.42. The molecule has 5 heteroatoms. The highest BCUT2D eigenvalue weighted by molar-refractivity contribution is 6.08. The van der Waals surface area contributed by atoms with Gasteiger partial charge < -0.3 is 10.1 Å². The van der Waals surface area contributed by atoms with Gasteiger partial charge in [0.25, 0.3) is 0 Å². The number of carbonyl (C=O) groups is 2. The number of ether oxygens (including phenoxy) is 1. The Kier molecular flexibility index (Phi) is 3.53. The highest BCUT2D eigenvalue weighted by atomic mass is 16.5. The number of carbonyl (C=O) groups excluding carboxylic acids is 2. The van der Waals surface area contributed by atoms with Crippen LogP contribution in [0.2, 0.25) is 0 Å². The van der Waals surface area contributed by atoms with Gasteiger partial charge in [-0.2, -0.15) is 0 Å². The fraction of sp³-hybridized carbons (Fsp3) is 0.412. The number of anilines is 1. The van der Waals surface area contributed by atoms with E-state index in [4.69, 9.17) is 4.74 Å². The van der Waals surface area contributed by atoms with Crippen molar-refractivity contribution in [3.8, 4) is 0 Å². The first kappa shape index (κ1) is 14.8. The number of hydrogen-bond donors (Lipinski definition) is 2. The van der Waals surface area contributed by atoms with Gasteiger partial charge in [-0.3, -0.25) is 14.9 Å². The SMILES string of the molecule is COC(=O)[C@@H]1CC2(C(=O)Nc3ccccc32)C(C=C(C)C)N1. The van der Waals surface area contributed by atoms with Crippen LogP contribution in [0.4, 0.5) is 5.69 Å². The first-order valence-electron chi connectivity index (χ1n) is 7.39. The minimum Gasteiger partial charge on any atom is -0.468 e. The van der Waals surface area contributed by atoms with Crippen molar-refractivity contribution in [2.75, 3.05) is 12.4 Å². The lowest BCUT2D eigenvalue weighted by Crippen LogP contribution is -2.45. The van der Waals surface area contributed by atoms with Crippen LogP contribution in [-0.2, 0) is 19.7 Å². The third kappa shape index (κ3) is 2.04. The molecular weight excluding hydrogens is 280 g/mol. The molecule has 0 aliphatic carbocycles. The lowest BCUT2D eigenvalue weighted by molar-refractivity contribution is -0.142. The van der Waals surface area contributed by atoms with Crippen molar-refractivity contribution in [2.45, 2.75) is 37.8 Å². The molecule has 1 aromatic carbocycles. The van der Waals surface area contributed by atoms with E-state index in [0.29, 0.717) is 6.42 Å². The summed E-state index contributed by atoms with van der Waals surface area (Å²) in [7, 11) is 1.37. The molecule has 116 valence electrons. The van der Waals surface area contributed by atoms with Crippen LogP contribution in [-0.4, -0.2) is 31.1 Å². The lowest BCUT2D eigenvalue weighted by atomic mass is 9.74. The number of nitrogens with one attached hydrogen (secondary N) is 2. The smallest absolute Gasteiger partial charge is 0.322 e. The molecule has 5 nitrogen and oxygen atoms in total. The normalized spacial score (nSPS) is 29.1. The van der Waals surface area contributed by atoms with E-state index in [1.165, 1.54) is 7.11 Å². The van der Waals surface area contributed by atoms with E-state index in [9.17, 15) is 9.59 Å². The molecule has 1 aromatic rings. The summed E-state index contributed by atoms with van der Waals surface area (Å²) in [6, 6.07) is 6.96. The second-order valence-electron chi connectivity index (χ2n) is 6.14. The van der Waals surface area contributed by atoms with E-state index < -0.39 is 11.5 Å². The number of fused-ring (bicyclic) bond motifs is 2. The third-order valence-electron chi connectivity index (χ3n) is 4.48. The van der Waals surface area contributed by atoms with Crippen molar-refractivity contribution in [1.29, 1.82) is 0 Å². The molecule has 2 N–H and O–H groups in total. The Morgan fingerprint density at radius 1 is 1.36 bits per heavy atom. The number of para-hydroxylation sites is 1. The summed E-state index contributed by atoms with van der Waals surface area (Å²) < 4.78 is 4.86. The number of rotatable bonds is 2. The maximum atomic E-state index is 12.8. The fourth-order valence-electron chi connectivity index (χ4n) is 3.53. The van der Waals surface area contributed by atoms with E-state index in [2.05, 4.69) is 10.6 Å². The number of esters is 1. The molecule has 1 fully saturated rings. The minimum atomic E-state index is -0.757. The van der Waals surface area contributed by atoms with Gasteiger partial charge in [0.2, 0.25) is 5.91 Å². The Hall–Kier alpha value is -2.14. The largest absolute Gasteiger partial charge is 0.468 e. The highest BCUT2D eigenvalue weighted by Crippen LogP contribution is 2.47. The number of benzene rings is 1. The van der Waals surface area contributed by atoms with Gasteiger partial charge in [0, 0.05) is 11.7 Å². The zero-order chi connectivity index (χ0) is 15.9. The molecule has 2 aliphatic heterocycles. The second kappa shape index (κ2) is 5.25. The molecule has 2 aliphatic rings. The van der Waals surface area contributed by atoms with Gasteiger partial charge in [0.15, 0.2) is 0 Å². The third-order valence-corrected chi connectivity index (χ3v) is 4.48. The van der Waals surface area contributed by atoms with Crippen LogP contribution in [0.15, 0.2) is 35.9 Å². The summed E-state index contributed by atoms with van der Waals surface area (Å²) in [4.78, 5) is 24.7. The van der Waals surface area contributed by atoms with Gasteiger partial charge in [-0.15, -0.1) is 0 Å². The molecule has 0 aromatic heterocycles. The van der Waals surface area contributed by atoms with E-state index in [-0.39, 0.29) is 17.9 Å². The van der Waals surface area contributed by atoms with Gasteiger partial charge in [-0.05, 0) is 31.9 Å². The van der Waals surface area contributed by atoms with Crippen LogP contribution in [0, 0.1) is 0 Å². The Balaban J connectivity index is 2.11. The maximum Gasteiger partial charge on any atom is 0.322 e. The molecule has 1 saturated heterocycles. The molecule has 3 atom stereocenters. The maximum absolute atomic E-state index is 12.8. The molecule has 0 radical (unpaired) electrons. The molecule has 1 amide bonds. The zero-order valence-corrected chi connectivity index (χ0v) is 13.0. The Bertz CT molecular complexity index is 664. The molecule has 2 unspecified atom stereocenters. The number of amides is 1. The van der Waals surface area contributed by atoms with Gasteiger partial charge in [0.05, 0.1) is 12.5 Å². The Morgan fingerprint density at radius 2 is 2.09 bits per heavy atom. The van der Waals surface area contributed by atoms with Crippen LogP contribution in [0.5, 0.6) is 0 Å². The number of allylic oxidation sites excluding steroid dienone is 1. The summed E-state index contributed by atoms with van der Waals surface area (Å²) in [5.74, 6) is -0.392. The van der Waals surface area contributed by atoms with Gasteiger partial charge in [-0.25, -0.2) is 0 Å². The molecule has 0 saturated carbocycles. The molecule has 22 heavy (non-hydrogen) atoms. The van der Waals surface area contributed by atoms with Crippen molar-refractivity contribution >= 4 is 17.6 Å². The molecule has 2 heterocycles. The lowest BCUT2D eigenvalue weighted by Gasteiger charge is -2.27. The Morgan fingerprint density at radius 3 is 2.77 bits per heavy atom. The topological polar surface area (TPSA) is 67.4 Å². The van der Waals surface area contributed by atoms with Crippen LogP contribution >= 0.6 is 0 Å². The molecule has 0 bridgehead atoms. The van der Waals surface area contributed by atoms with Gasteiger partial charge in [0.1, 0.15) is 6.04 Å². The predicted molar refractivity (Wildman–Crippen MR) is 83.5 cm³/mol. The number of hydrogen-bond acceptors (Lipinski definition) is 4. The summed E-state index contributed by atoms with van der Waals surface area (Å²) in [5.41, 5.74) is 2.11. The monoisotopic (exact) mass is 300 g/mol. The highest BCUT2D eigenvalue weighted by Gasteiger charge is 2.58. The quantitative estimate of drug-likeness (QED) is 0.645. The first-order valence-corrected chi connectivity index (χ1v) is 7.39. The van der Waals surface area contributed by atoms with E-state index in [1.54, 1.807) is 0 Å². The summed E-state index contributed by atoms with van der Waals surface area (Å²) in [5, 5.41) is 6.22. The van der Waals surface area contributed by atoms with E-state index in [0.717, 1.165) is 16.8 Å². The van der Waals surface area contributed by atoms with Gasteiger partial charge in [-0.1, -0.05) is 29.8 Å². The molecule has 3 rings (SSSR count). The van der Waals surface area contributed by atoms with Crippen molar-refractivity contribution in [3.05, 3.63) is 41.5 Å². The molecule has 1 spiro atoms. The summed E-state index contributed by atoms with van der Waals surface area (Å²) in [6.45, 7) is 3.97. The average Bonchev–Trinajstić information content (AvgIpc) is 2.99. The predicted octanol–water partition coefficient (Wildman–Crippen LogP) is 1.75. The average molecular weight is 300 g/mol. The van der Waals surface area contributed by atoms with E-state index >= 15 is 0 Å². The van der Waals surface area contributed by atoms with Crippen LogP contribution in [0.25, 0.3) is 0 Å². The van der Waals surface area contributed by atoms with Gasteiger partial charge >= 0.3 is 5.97 Å². The van der Waals surface area contributed by atoms with Crippen LogP contribution < -0.4 is 10.6 Å². The number of methoxy groups -OCH3 is 1. The second-order valence-corrected chi connectivity index (χ2v) is 6.14. The van der Waals surface area contributed by atoms with Crippen LogP contribution in [0.1, 0.15) is 25.8 Å². The standard InChI is InChI=1S/C17H20N2O3/c1-10(2)8-14-17(9-13(18-14)15(20)22-3)11-6-4-5-7-12(11)19-16(17)21/h4-8,13-14,18H,9H2,1-3H3,(H,19,21)/t13-,14?,17?/m0/s1. The molecular formula is C17H20N2O3. The summed E-state index contributed by atoms with van der Waals surface area (Å²) >= 11 is 0. The van der Waals surface area contributed by atoms with Crippen LogP contribution in [0.3, 0.4) is 0 Å². The van der Waals surface area contributed by atoms with Crippen molar-refractivity contribution in [2.24, 2.45) is 0 Å². The van der Waals surface area contributed by atoms with E-state index in [1.807, 2.05) is 44.2 Å². The first-order chi connectivity index (χ1) is 10.5. The van der Waals surface area contributed by atoms with Crippen molar-refractivity contribution in [1.82, 2.24) is 5.32 Å². The minimum absolute atomic E-state index is 0.0601. The van der Waals surface area contributed by atoms with Crippen molar-refractivity contribution in [3.63, 3.8) is 0 Å².